The van der Waals surface area contributed by atoms with E-state index in [1.54, 1.807) is 11.3 Å². The number of nitrogens with one attached hydrogen (secondary N) is 1. The van der Waals surface area contributed by atoms with Crippen LogP contribution in [0.15, 0.2) is 11.4 Å². The van der Waals surface area contributed by atoms with Gasteiger partial charge in [-0.15, -0.1) is 11.3 Å². The molecule has 0 spiro atoms. The fourth-order valence-electron chi connectivity index (χ4n) is 1.42. The van der Waals surface area contributed by atoms with E-state index in [4.69, 9.17) is 5.73 Å². The van der Waals surface area contributed by atoms with Crippen molar-refractivity contribution in [1.29, 1.82) is 0 Å². The average Bonchev–Trinajstić information content (AvgIpc) is 2.73. The molecular formula is C12H20N2OS. The van der Waals surface area contributed by atoms with Crippen LogP contribution in [-0.4, -0.2) is 11.9 Å². The van der Waals surface area contributed by atoms with Gasteiger partial charge in [0.25, 0.3) is 0 Å². The Morgan fingerprint density at radius 2 is 2.25 bits per heavy atom. The topological polar surface area (TPSA) is 55.1 Å². The van der Waals surface area contributed by atoms with E-state index in [2.05, 4.69) is 26.1 Å². The SMILES string of the molecule is CCC(C)C(C)NCc1cc(C(N)=O)cs1. The van der Waals surface area contributed by atoms with E-state index in [0.29, 0.717) is 17.5 Å². The number of carbonyl (C=O) groups excluding carboxylic acids is 1. The third kappa shape index (κ3) is 3.61. The van der Waals surface area contributed by atoms with E-state index >= 15 is 0 Å². The summed E-state index contributed by atoms with van der Waals surface area (Å²) in [6.07, 6.45) is 1.17. The lowest BCUT2D eigenvalue weighted by atomic mass is 10.0. The van der Waals surface area contributed by atoms with Gasteiger partial charge in [0.2, 0.25) is 5.91 Å². The molecule has 90 valence electrons. The van der Waals surface area contributed by atoms with Crippen molar-refractivity contribution >= 4 is 17.2 Å². The standard InChI is InChI=1S/C12H20N2OS/c1-4-8(2)9(3)14-6-11-5-10(7-16-11)12(13)15/h5,7-9,14H,4,6H2,1-3H3,(H2,13,15). The van der Waals surface area contributed by atoms with Gasteiger partial charge in [0.05, 0.1) is 5.56 Å². The molecule has 1 aromatic rings. The minimum absolute atomic E-state index is 0.350. The van der Waals surface area contributed by atoms with Gasteiger partial charge in [-0.1, -0.05) is 20.3 Å². The van der Waals surface area contributed by atoms with E-state index in [1.165, 1.54) is 6.42 Å². The number of primary amides is 1. The predicted octanol–water partition coefficient (Wildman–Crippen LogP) is 2.37. The molecule has 3 N–H and O–H groups in total. The Balaban J connectivity index is 2.45. The van der Waals surface area contributed by atoms with E-state index < -0.39 is 0 Å². The molecule has 2 atom stereocenters. The molecule has 1 rings (SSSR count). The molecule has 1 aromatic heterocycles. The summed E-state index contributed by atoms with van der Waals surface area (Å²) in [6, 6.07) is 2.35. The number of thiophene rings is 1. The van der Waals surface area contributed by atoms with Crippen LogP contribution in [0, 0.1) is 5.92 Å². The number of rotatable bonds is 6. The lowest BCUT2D eigenvalue weighted by Gasteiger charge is -2.19. The molecule has 0 fully saturated rings. The van der Waals surface area contributed by atoms with Crippen LogP contribution in [0.25, 0.3) is 0 Å². The largest absolute Gasteiger partial charge is 0.366 e. The highest BCUT2D eigenvalue weighted by molar-refractivity contribution is 7.10. The van der Waals surface area contributed by atoms with Crippen LogP contribution >= 0.6 is 11.3 Å². The molecule has 0 bridgehead atoms. The Bertz CT molecular complexity index is 349. The zero-order valence-electron chi connectivity index (χ0n) is 10.1. The highest BCUT2D eigenvalue weighted by Gasteiger charge is 2.10. The van der Waals surface area contributed by atoms with Crippen molar-refractivity contribution in [3.05, 3.63) is 21.9 Å². The Kier molecular flexibility index (Phi) is 4.96. The van der Waals surface area contributed by atoms with Gasteiger partial charge in [0, 0.05) is 22.8 Å². The summed E-state index contributed by atoms with van der Waals surface area (Å²) in [4.78, 5) is 12.1. The maximum atomic E-state index is 10.9. The summed E-state index contributed by atoms with van der Waals surface area (Å²) in [7, 11) is 0. The van der Waals surface area contributed by atoms with Crippen LogP contribution in [-0.2, 0) is 6.54 Å². The molecule has 16 heavy (non-hydrogen) atoms. The zero-order chi connectivity index (χ0) is 12.1. The normalized spacial score (nSPS) is 14.7. The van der Waals surface area contributed by atoms with Crippen molar-refractivity contribution in [2.45, 2.75) is 39.8 Å². The monoisotopic (exact) mass is 240 g/mol. The summed E-state index contributed by atoms with van der Waals surface area (Å²) in [5.41, 5.74) is 5.81. The van der Waals surface area contributed by atoms with Crippen molar-refractivity contribution in [3.63, 3.8) is 0 Å². The first-order valence-corrected chi connectivity index (χ1v) is 6.53. The molecule has 4 heteroatoms. The second-order valence-electron chi connectivity index (χ2n) is 4.22. The molecule has 0 aliphatic heterocycles. The van der Waals surface area contributed by atoms with Crippen LogP contribution < -0.4 is 11.1 Å². The van der Waals surface area contributed by atoms with E-state index in [0.717, 1.165) is 11.4 Å². The Labute approximate surface area is 101 Å². The van der Waals surface area contributed by atoms with Crippen LogP contribution in [0.1, 0.15) is 42.4 Å². The Morgan fingerprint density at radius 3 is 2.75 bits per heavy atom. The third-order valence-electron chi connectivity index (χ3n) is 3.03. The molecule has 0 radical (unpaired) electrons. The number of hydrogen-bond acceptors (Lipinski definition) is 3. The lowest BCUT2D eigenvalue weighted by molar-refractivity contribution is 0.100. The van der Waals surface area contributed by atoms with Crippen molar-refractivity contribution in [1.82, 2.24) is 5.32 Å². The Hall–Kier alpha value is -0.870. The van der Waals surface area contributed by atoms with Crippen molar-refractivity contribution in [2.24, 2.45) is 11.7 Å². The number of amides is 1. The van der Waals surface area contributed by atoms with Gasteiger partial charge in [-0.25, -0.2) is 0 Å². The van der Waals surface area contributed by atoms with Crippen molar-refractivity contribution < 1.29 is 4.79 Å². The van der Waals surface area contributed by atoms with Crippen LogP contribution in [0.2, 0.25) is 0 Å². The van der Waals surface area contributed by atoms with Gasteiger partial charge in [-0.2, -0.15) is 0 Å². The summed E-state index contributed by atoms with van der Waals surface area (Å²) >= 11 is 1.58. The van der Waals surface area contributed by atoms with Gasteiger partial charge >= 0.3 is 0 Å². The van der Waals surface area contributed by atoms with Crippen LogP contribution in [0.4, 0.5) is 0 Å². The van der Waals surface area contributed by atoms with Gasteiger partial charge in [-0.3, -0.25) is 4.79 Å². The molecular weight excluding hydrogens is 220 g/mol. The summed E-state index contributed by atoms with van der Waals surface area (Å²) in [5.74, 6) is 0.313. The first-order chi connectivity index (χ1) is 7.54. The molecule has 0 saturated carbocycles. The highest BCUT2D eigenvalue weighted by atomic mass is 32.1. The smallest absolute Gasteiger partial charge is 0.249 e. The molecule has 1 heterocycles. The molecule has 0 saturated heterocycles. The van der Waals surface area contributed by atoms with Gasteiger partial charge < -0.3 is 11.1 Å². The van der Waals surface area contributed by atoms with E-state index in [1.807, 2.05) is 11.4 Å². The number of nitrogens with two attached hydrogens (primary N) is 1. The highest BCUT2D eigenvalue weighted by Crippen LogP contribution is 2.15. The lowest BCUT2D eigenvalue weighted by Crippen LogP contribution is -2.31. The molecule has 1 amide bonds. The minimum Gasteiger partial charge on any atom is -0.366 e. The number of hydrogen-bond donors (Lipinski definition) is 2. The zero-order valence-corrected chi connectivity index (χ0v) is 10.9. The fraction of sp³-hybridized carbons (Fsp3) is 0.583. The quantitative estimate of drug-likeness (QED) is 0.802. The van der Waals surface area contributed by atoms with E-state index in [-0.39, 0.29) is 5.91 Å². The molecule has 0 aliphatic carbocycles. The summed E-state index contributed by atoms with van der Waals surface area (Å²) in [6.45, 7) is 7.43. The third-order valence-corrected chi connectivity index (χ3v) is 3.97. The predicted molar refractivity (Wildman–Crippen MR) is 68.6 cm³/mol. The second-order valence-corrected chi connectivity index (χ2v) is 5.22. The fourth-order valence-corrected chi connectivity index (χ4v) is 2.24. The first-order valence-electron chi connectivity index (χ1n) is 5.65. The molecule has 0 aromatic carbocycles. The average molecular weight is 240 g/mol. The first kappa shape index (κ1) is 13.2. The molecule has 0 aliphatic rings. The minimum atomic E-state index is -0.350. The Morgan fingerprint density at radius 1 is 1.56 bits per heavy atom. The van der Waals surface area contributed by atoms with Crippen LogP contribution in [0.3, 0.4) is 0 Å². The van der Waals surface area contributed by atoms with Gasteiger partial charge in [0.1, 0.15) is 0 Å². The summed E-state index contributed by atoms with van der Waals surface area (Å²) < 4.78 is 0. The second kappa shape index (κ2) is 6.01. The maximum Gasteiger partial charge on any atom is 0.249 e. The summed E-state index contributed by atoms with van der Waals surface area (Å²) in [5, 5.41) is 5.27. The molecule has 3 nitrogen and oxygen atoms in total. The molecule has 2 unspecified atom stereocenters. The van der Waals surface area contributed by atoms with Gasteiger partial charge in [0.15, 0.2) is 0 Å². The number of carbonyl (C=O) groups is 1. The van der Waals surface area contributed by atoms with E-state index in [9.17, 15) is 4.79 Å². The van der Waals surface area contributed by atoms with Crippen LogP contribution in [0.5, 0.6) is 0 Å². The van der Waals surface area contributed by atoms with Gasteiger partial charge in [-0.05, 0) is 18.9 Å². The maximum absolute atomic E-state index is 10.9. The van der Waals surface area contributed by atoms with Crippen molar-refractivity contribution in [3.8, 4) is 0 Å². The van der Waals surface area contributed by atoms with Crippen molar-refractivity contribution in [2.75, 3.05) is 0 Å².